The molecular weight excluding hydrogens is 584 g/mol. The maximum atomic E-state index is 14.7. The van der Waals surface area contributed by atoms with Crippen molar-refractivity contribution in [2.24, 2.45) is 7.05 Å². The van der Waals surface area contributed by atoms with E-state index < -0.39 is 53.6 Å². The van der Waals surface area contributed by atoms with Crippen LogP contribution in [0.25, 0.3) is 0 Å². The number of aromatic nitrogens is 1. The van der Waals surface area contributed by atoms with Crippen LogP contribution in [0.4, 0.5) is 0 Å². The normalized spacial score (nSPS) is 18.5. The maximum Gasteiger partial charge on any atom is 0.354 e. The van der Waals surface area contributed by atoms with Crippen molar-refractivity contribution in [1.29, 1.82) is 0 Å². The molecule has 3 aliphatic rings. The summed E-state index contributed by atoms with van der Waals surface area (Å²) in [5.74, 6) is -3.47. The Balaban J connectivity index is 1.57. The summed E-state index contributed by atoms with van der Waals surface area (Å²) in [7, 11) is 2.85. The Labute approximate surface area is 258 Å². The van der Waals surface area contributed by atoms with Crippen molar-refractivity contribution < 1.29 is 38.3 Å². The third-order valence-corrected chi connectivity index (χ3v) is 8.40. The number of esters is 1. The van der Waals surface area contributed by atoms with E-state index in [1.165, 1.54) is 38.5 Å². The van der Waals surface area contributed by atoms with Crippen LogP contribution < -0.4 is 10.6 Å². The van der Waals surface area contributed by atoms with E-state index in [9.17, 15) is 33.6 Å². The second kappa shape index (κ2) is 12.4. The highest BCUT2D eigenvalue weighted by Crippen LogP contribution is 2.35. The molecule has 0 radical (unpaired) electrons. The summed E-state index contributed by atoms with van der Waals surface area (Å²) >= 11 is 0. The summed E-state index contributed by atoms with van der Waals surface area (Å²) in [6.45, 7) is 5.72. The molecule has 236 valence electrons. The van der Waals surface area contributed by atoms with E-state index in [1.54, 1.807) is 38.4 Å². The number of hydrogen-bond donors (Lipinski definition) is 2. The van der Waals surface area contributed by atoms with Crippen molar-refractivity contribution in [2.75, 3.05) is 26.7 Å². The number of benzene rings is 1. The standard InChI is InChI=1S/C31H34N6O8/c1-5-25(39)35-14-18(15-35)37(26(28(41)32-6-2)17-12-23(31(44)45-4)34(3)13-17)30(43)20-9-7-8-19-21(20)16-36(29(19)42)22-10-11-24(38)33-27(22)40/h5,7-9,12-13,18,22,26H,1,6,10-11,14-16H2,2-4H3,(H,32,41)(H,33,38,40). The second-order valence-corrected chi connectivity index (χ2v) is 11.1. The molecule has 2 atom stereocenters. The fourth-order valence-electron chi connectivity index (χ4n) is 6.12. The molecule has 0 aliphatic carbocycles. The van der Waals surface area contributed by atoms with E-state index in [2.05, 4.69) is 17.2 Å². The number of piperidine rings is 1. The number of methoxy groups -OCH3 is 1. The van der Waals surface area contributed by atoms with Crippen LogP contribution in [0.15, 0.2) is 43.1 Å². The largest absolute Gasteiger partial charge is 0.464 e. The van der Waals surface area contributed by atoms with Gasteiger partial charge in [0.2, 0.25) is 23.6 Å². The number of likely N-dealkylation sites (tertiary alicyclic amines) is 1. The molecule has 2 N–H and O–H groups in total. The lowest BCUT2D eigenvalue weighted by Crippen LogP contribution is -2.64. The lowest BCUT2D eigenvalue weighted by Gasteiger charge is -2.47. The van der Waals surface area contributed by atoms with Crippen molar-refractivity contribution in [3.05, 3.63) is 71.1 Å². The lowest BCUT2D eigenvalue weighted by atomic mass is 9.95. The molecule has 14 heteroatoms. The van der Waals surface area contributed by atoms with E-state index in [1.807, 2.05) is 0 Å². The first-order valence-electron chi connectivity index (χ1n) is 14.5. The highest BCUT2D eigenvalue weighted by molar-refractivity contribution is 6.08. The van der Waals surface area contributed by atoms with Crippen LogP contribution in [0.2, 0.25) is 0 Å². The average Bonchev–Trinajstić information content (AvgIpc) is 3.54. The number of ether oxygens (including phenoxy) is 1. The van der Waals surface area contributed by atoms with Gasteiger partial charge in [0.15, 0.2) is 0 Å². The zero-order valence-electron chi connectivity index (χ0n) is 25.2. The predicted molar refractivity (Wildman–Crippen MR) is 157 cm³/mol. The molecule has 5 rings (SSSR count). The minimum atomic E-state index is -1.22. The highest BCUT2D eigenvalue weighted by atomic mass is 16.5. The molecule has 14 nitrogen and oxygen atoms in total. The number of likely N-dealkylation sites (N-methyl/N-ethyl adjacent to an activating group) is 1. The molecular formula is C31H34N6O8. The first-order chi connectivity index (χ1) is 21.5. The van der Waals surface area contributed by atoms with Crippen LogP contribution in [0, 0.1) is 0 Å². The summed E-state index contributed by atoms with van der Waals surface area (Å²) in [6, 6.07) is 3.47. The number of hydrogen-bond acceptors (Lipinski definition) is 8. The third kappa shape index (κ3) is 5.58. The lowest BCUT2D eigenvalue weighted by molar-refractivity contribution is -0.137. The molecule has 3 aliphatic heterocycles. The van der Waals surface area contributed by atoms with E-state index in [0.29, 0.717) is 11.1 Å². The molecule has 2 aromatic rings. The van der Waals surface area contributed by atoms with Gasteiger partial charge in [-0.1, -0.05) is 12.6 Å². The number of nitrogens with one attached hydrogen (secondary N) is 2. The van der Waals surface area contributed by atoms with Gasteiger partial charge in [-0.05, 0) is 43.2 Å². The molecule has 4 heterocycles. The van der Waals surface area contributed by atoms with Gasteiger partial charge in [-0.3, -0.25) is 34.1 Å². The molecule has 0 spiro atoms. The monoisotopic (exact) mass is 618 g/mol. The molecule has 2 unspecified atom stereocenters. The molecule has 0 bridgehead atoms. The van der Waals surface area contributed by atoms with Crippen LogP contribution >= 0.6 is 0 Å². The van der Waals surface area contributed by atoms with E-state index in [0.717, 1.165) is 0 Å². The summed E-state index contributed by atoms with van der Waals surface area (Å²) in [5, 5.41) is 5.05. The Kier molecular flexibility index (Phi) is 8.57. The van der Waals surface area contributed by atoms with Crippen molar-refractivity contribution in [3.63, 3.8) is 0 Å². The first-order valence-corrected chi connectivity index (χ1v) is 14.5. The molecule has 1 aromatic carbocycles. The quantitative estimate of drug-likeness (QED) is 0.230. The smallest absolute Gasteiger partial charge is 0.354 e. The summed E-state index contributed by atoms with van der Waals surface area (Å²) in [5.41, 5.74) is 1.29. The van der Waals surface area contributed by atoms with Crippen LogP contribution in [0.1, 0.15) is 68.1 Å². The van der Waals surface area contributed by atoms with E-state index >= 15 is 0 Å². The molecule has 6 amide bonds. The summed E-state index contributed by atoms with van der Waals surface area (Å²) < 4.78 is 6.38. The van der Waals surface area contributed by atoms with E-state index in [4.69, 9.17) is 4.74 Å². The Bertz CT molecular complexity index is 1620. The van der Waals surface area contributed by atoms with Gasteiger partial charge in [-0.15, -0.1) is 0 Å². The fourth-order valence-corrected chi connectivity index (χ4v) is 6.12. The molecule has 0 saturated carbocycles. The fraction of sp³-hybridized carbons (Fsp3) is 0.387. The minimum Gasteiger partial charge on any atom is -0.464 e. The summed E-state index contributed by atoms with van der Waals surface area (Å²) in [6.07, 6.45) is 2.98. The maximum absolute atomic E-state index is 14.7. The van der Waals surface area contributed by atoms with Gasteiger partial charge in [0.05, 0.1) is 13.2 Å². The Morgan fingerprint density at radius 2 is 1.93 bits per heavy atom. The van der Waals surface area contributed by atoms with Crippen molar-refractivity contribution in [1.82, 2.24) is 29.9 Å². The van der Waals surface area contributed by atoms with Crippen molar-refractivity contribution in [2.45, 2.75) is 44.4 Å². The number of carbonyl (C=O) groups is 7. The zero-order valence-corrected chi connectivity index (χ0v) is 25.2. The van der Waals surface area contributed by atoms with Gasteiger partial charge in [-0.25, -0.2) is 4.79 Å². The second-order valence-electron chi connectivity index (χ2n) is 11.1. The van der Waals surface area contributed by atoms with Gasteiger partial charge in [0.25, 0.3) is 11.8 Å². The van der Waals surface area contributed by atoms with Gasteiger partial charge in [0.1, 0.15) is 17.8 Å². The van der Waals surface area contributed by atoms with Gasteiger partial charge in [0, 0.05) is 62.5 Å². The van der Waals surface area contributed by atoms with Crippen molar-refractivity contribution in [3.8, 4) is 0 Å². The SMILES string of the molecule is C=CC(=O)N1CC(N(C(=O)c2cccc3c2CN(C2CCC(=O)NC2=O)C3=O)C(C(=O)NCC)c2cc(C(=O)OC)n(C)c2)C1. The van der Waals surface area contributed by atoms with Gasteiger partial charge >= 0.3 is 5.97 Å². The van der Waals surface area contributed by atoms with Crippen LogP contribution in [0.5, 0.6) is 0 Å². The van der Waals surface area contributed by atoms with Crippen LogP contribution in [-0.4, -0.2) is 99.5 Å². The molecule has 45 heavy (non-hydrogen) atoms. The molecule has 2 fully saturated rings. The minimum absolute atomic E-state index is 0.0500. The van der Waals surface area contributed by atoms with Gasteiger partial charge in [-0.2, -0.15) is 0 Å². The van der Waals surface area contributed by atoms with Crippen molar-refractivity contribution >= 4 is 41.4 Å². The zero-order chi connectivity index (χ0) is 32.6. The average molecular weight is 619 g/mol. The topological polar surface area (TPSA) is 167 Å². The van der Waals surface area contributed by atoms with Crippen LogP contribution in [-0.2, 0) is 37.5 Å². The number of aryl methyl sites for hydroxylation is 1. The number of fused-ring (bicyclic) bond motifs is 1. The Hall–Kier alpha value is -5.27. The van der Waals surface area contributed by atoms with Gasteiger partial charge < -0.3 is 29.3 Å². The number of nitrogens with zero attached hydrogens (tertiary/aromatic N) is 4. The third-order valence-electron chi connectivity index (χ3n) is 8.40. The highest BCUT2D eigenvalue weighted by Gasteiger charge is 2.46. The number of carbonyl (C=O) groups excluding carboxylic acids is 7. The van der Waals surface area contributed by atoms with E-state index in [-0.39, 0.29) is 61.7 Å². The Morgan fingerprint density at radius 3 is 2.58 bits per heavy atom. The number of amides is 6. The number of imide groups is 1. The Morgan fingerprint density at radius 1 is 1.20 bits per heavy atom. The molecule has 1 aromatic heterocycles. The molecule has 2 saturated heterocycles. The summed E-state index contributed by atoms with van der Waals surface area (Å²) in [4.78, 5) is 95.2. The predicted octanol–water partition coefficient (Wildman–Crippen LogP) is 0.289. The van der Waals surface area contributed by atoms with Crippen LogP contribution in [0.3, 0.4) is 0 Å². The first kappa shape index (κ1) is 31.2. The number of rotatable bonds is 9.